The number of halogens is 1. The van der Waals surface area contributed by atoms with Crippen LogP contribution < -0.4 is 5.32 Å². The SMILES string of the molecule is CC[C@H](C)NC(=O)[C@H](Cc1ccccc1)N(Cc1ccccc1Cl)C(=O)CC(c1ccccc1)c1ccccc1. The fourth-order valence-corrected chi connectivity index (χ4v) is 5.09. The molecule has 4 rings (SSSR count). The van der Waals surface area contributed by atoms with Crippen molar-refractivity contribution in [2.75, 3.05) is 0 Å². The third kappa shape index (κ3) is 7.83. The molecule has 0 bridgehead atoms. The van der Waals surface area contributed by atoms with Gasteiger partial charge in [0.15, 0.2) is 0 Å². The molecule has 4 aromatic carbocycles. The topological polar surface area (TPSA) is 49.4 Å². The predicted octanol–water partition coefficient (Wildman–Crippen LogP) is 7.42. The number of nitrogens with zero attached hydrogens (tertiary/aromatic N) is 1. The van der Waals surface area contributed by atoms with Gasteiger partial charge in [-0.25, -0.2) is 0 Å². The molecule has 0 fully saturated rings. The van der Waals surface area contributed by atoms with Crippen LogP contribution in [0.3, 0.4) is 0 Å². The lowest BCUT2D eigenvalue weighted by Crippen LogP contribution is -2.52. The molecular formula is C35H37ClN2O2. The Bertz CT molecular complexity index is 1320. The molecule has 2 amide bonds. The first kappa shape index (κ1) is 29.1. The average molecular weight is 553 g/mol. The molecule has 0 aliphatic carbocycles. The number of hydrogen-bond donors (Lipinski definition) is 1. The second-order valence-electron chi connectivity index (χ2n) is 10.2. The van der Waals surface area contributed by atoms with Crippen molar-refractivity contribution in [2.24, 2.45) is 0 Å². The van der Waals surface area contributed by atoms with Crippen molar-refractivity contribution in [3.05, 3.63) is 143 Å². The molecule has 0 spiro atoms. The Morgan fingerprint density at radius 1 is 0.775 bits per heavy atom. The van der Waals surface area contributed by atoms with Crippen LogP contribution in [0.5, 0.6) is 0 Å². The Balaban J connectivity index is 1.75. The van der Waals surface area contributed by atoms with Gasteiger partial charge in [-0.1, -0.05) is 128 Å². The molecule has 1 N–H and O–H groups in total. The highest BCUT2D eigenvalue weighted by atomic mass is 35.5. The van der Waals surface area contributed by atoms with Gasteiger partial charge in [0.05, 0.1) is 0 Å². The monoisotopic (exact) mass is 552 g/mol. The molecule has 0 unspecified atom stereocenters. The fraction of sp³-hybridized carbons (Fsp3) is 0.257. The van der Waals surface area contributed by atoms with E-state index in [1.165, 1.54) is 0 Å². The molecular weight excluding hydrogens is 516 g/mol. The lowest BCUT2D eigenvalue weighted by molar-refractivity contribution is -0.141. The first-order valence-corrected chi connectivity index (χ1v) is 14.3. The highest BCUT2D eigenvalue weighted by Gasteiger charge is 2.33. The van der Waals surface area contributed by atoms with E-state index in [1.54, 1.807) is 4.90 Å². The van der Waals surface area contributed by atoms with Crippen LogP contribution in [0, 0.1) is 0 Å². The standard InChI is InChI=1S/C35H37ClN2O2/c1-3-26(2)37-35(40)33(23-27-15-7-4-8-16-27)38(25-30-21-13-14-22-32(30)36)34(39)24-31(28-17-9-5-10-18-28)29-19-11-6-12-20-29/h4-22,26,31,33H,3,23-25H2,1-2H3,(H,37,40)/t26-,33-/m0/s1. The van der Waals surface area contributed by atoms with Crippen molar-refractivity contribution < 1.29 is 9.59 Å². The lowest BCUT2D eigenvalue weighted by Gasteiger charge is -2.33. The molecule has 0 radical (unpaired) electrons. The van der Waals surface area contributed by atoms with Crippen molar-refractivity contribution in [2.45, 2.75) is 57.7 Å². The van der Waals surface area contributed by atoms with Gasteiger partial charge in [0.25, 0.3) is 0 Å². The zero-order valence-electron chi connectivity index (χ0n) is 23.2. The second kappa shape index (κ2) is 14.5. The minimum atomic E-state index is -0.702. The van der Waals surface area contributed by atoms with Crippen LogP contribution in [0.2, 0.25) is 5.02 Å². The van der Waals surface area contributed by atoms with Crippen molar-refractivity contribution in [1.82, 2.24) is 10.2 Å². The van der Waals surface area contributed by atoms with Gasteiger partial charge in [-0.15, -0.1) is 0 Å². The summed E-state index contributed by atoms with van der Waals surface area (Å²) >= 11 is 6.58. The lowest BCUT2D eigenvalue weighted by atomic mass is 9.87. The van der Waals surface area contributed by atoms with E-state index in [0.29, 0.717) is 11.4 Å². The summed E-state index contributed by atoms with van der Waals surface area (Å²) in [5, 5.41) is 3.71. The minimum Gasteiger partial charge on any atom is -0.352 e. The Hall–Kier alpha value is -3.89. The molecule has 0 saturated carbocycles. The third-order valence-electron chi connectivity index (χ3n) is 7.35. The molecule has 0 aliphatic rings. The van der Waals surface area contributed by atoms with E-state index in [2.05, 4.69) is 29.6 Å². The molecule has 40 heavy (non-hydrogen) atoms. The molecule has 4 aromatic rings. The maximum atomic E-state index is 14.4. The summed E-state index contributed by atoms with van der Waals surface area (Å²) in [5.74, 6) is -0.411. The predicted molar refractivity (Wildman–Crippen MR) is 163 cm³/mol. The second-order valence-corrected chi connectivity index (χ2v) is 10.6. The van der Waals surface area contributed by atoms with Crippen molar-refractivity contribution in [3.8, 4) is 0 Å². The summed E-state index contributed by atoms with van der Waals surface area (Å²) in [7, 11) is 0. The Morgan fingerprint density at radius 2 is 1.30 bits per heavy atom. The van der Waals surface area contributed by atoms with E-state index in [-0.39, 0.29) is 36.7 Å². The van der Waals surface area contributed by atoms with E-state index in [1.807, 2.05) is 105 Å². The summed E-state index contributed by atoms with van der Waals surface area (Å²) in [6.07, 6.45) is 1.42. The summed E-state index contributed by atoms with van der Waals surface area (Å²) in [6.45, 7) is 4.26. The smallest absolute Gasteiger partial charge is 0.243 e. The van der Waals surface area contributed by atoms with Gasteiger partial charge in [0.2, 0.25) is 11.8 Å². The maximum absolute atomic E-state index is 14.4. The molecule has 4 nitrogen and oxygen atoms in total. The molecule has 206 valence electrons. The highest BCUT2D eigenvalue weighted by molar-refractivity contribution is 6.31. The number of amides is 2. The van der Waals surface area contributed by atoms with E-state index < -0.39 is 6.04 Å². The van der Waals surface area contributed by atoms with Gasteiger partial charge in [-0.2, -0.15) is 0 Å². The van der Waals surface area contributed by atoms with E-state index >= 15 is 0 Å². The van der Waals surface area contributed by atoms with Crippen LogP contribution in [-0.4, -0.2) is 28.8 Å². The molecule has 0 heterocycles. The Morgan fingerprint density at radius 3 is 1.85 bits per heavy atom. The summed E-state index contributed by atoms with van der Waals surface area (Å²) < 4.78 is 0. The van der Waals surface area contributed by atoms with Crippen LogP contribution in [0.4, 0.5) is 0 Å². The summed E-state index contributed by atoms with van der Waals surface area (Å²) in [5.41, 5.74) is 3.92. The van der Waals surface area contributed by atoms with E-state index in [4.69, 9.17) is 11.6 Å². The maximum Gasteiger partial charge on any atom is 0.243 e. The van der Waals surface area contributed by atoms with Crippen molar-refractivity contribution >= 4 is 23.4 Å². The van der Waals surface area contributed by atoms with Crippen LogP contribution in [0.25, 0.3) is 0 Å². The fourth-order valence-electron chi connectivity index (χ4n) is 4.90. The van der Waals surface area contributed by atoms with Crippen LogP contribution in [-0.2, 0) is 22.6 Å². The molecule has 5 heteroatoms. The van der Waals surface area contributed by atoms with Gasteiger partial charge in [-0.3, -0.25) is 9.59 Å². The largest absolute Gasteiger partial charge is 0.352 e. The highest BCUT2D eigenvalue weighted by Crippen LogP contribution is 2.30. The first-order chi connectivity index (χ1) is 19.5. The van der Waals surface area contributed by atoms with Crippen LogP contribution in [0.15, 0.2) is 115 Å². The Labute approximate surface area is 243 Å². The summed E-state index contributed by atoms with van der Waals surface area (Å²) in [6, 6.07) is 36.8. The quantitative estimate of drug-likeness (QED) is 0.199. The number of rotatable bonds is 12. The van der Waals surface area contributed by atoms with Gasteiger partial charge >= 0.3 is 0 Å². The van der Waals surface area contributed by atoms with Crippen LogP contribution >= 0.6 is 11.6 Å². The number of hydrogen-bond acceptors (Lipinski definition) is 2. The number of benzene rings is 4. The Kier molecular flexibility index (Phi) is 10.5. The van der Waals surface area contributed by atoms with Crippen molar-refractivity contribution in [3.63, 3.8) is 0 Å². The minimum absolute atomic E-state index is 0.00979. The number of nitrogens with one attached hydrogen (secondary N) is 1. The average Bonchev–Trinajstić information content (AvgIpc) is 2.99. The number of carbonyl (C=O) groups excluding carboxylic acids is 2. The van der Waals surface area contributed by atoms with Gasteiger partial charge in [0.1, 0.15) is 6.04 Å². The van der Waals surface area contributed by atoms with Gasteiger partial charge in [0, 0.05) is 36.4 Å². The first-order valence-electron chi connectivity index (χ1n) is 13.9. The molecule has 0 aromatic heterocycles. The van der Waals surface area contributed by atoms with Crippen molar-refractivity contribution in [1.29, 1.82) is 0 Å². The summed E-state index contributed by atoms with van der Waals surface area (Å²) in [4.78, 5) is 30.0. The third-order valence-corrected chi connectivity index (χ3v) is 7.72. The van der Waals surface area contributed by atoms with E-state index in [9.17, 15) is 9.59 Å². The van der Waals surface area contributed by atoms with E-state index in [0.717, 1.165) is 28.7 Å². The molecule has 0 saturated heterocycles. The van der Waals surface area contributed by atoms with Gasteiger partial charge < -0.3 is 10.2 Å². The van der Waals surface area contributed by atoms with Crippen LogP contribution in [0.1, 0.15) is 54.9 Å². The molecule has 0 aliphatic heterocycles. The number of carbonyl (C=O) groups is 2. The molecule has 2 atom stereocenters. The normalized spacial score (nSPS) is 12.5. The van der Waals surface area contributed by atoms with Gasteiger partial charge in [-0.05, 0) is 41.7 Å². The zero-order valence-corrected chi connectivity index (χ0v) is 23.9. The zero-order chi connectivity index (χ0) is 28.3.